The Labute approximate surface area is 203 Å². The molecule has 4 nitrogen and oxygen atoms in total. The summed E-state index contributed by atoms with van der Waals surface area (Å²) < 4.78 is 0. The number of allylic oxidation sites excluding steroid dienone is 1. The van der Waals surface area contributed by atoms with E-state index in [0.29, 0.717) is 31.5 Å². The Morgan fingerprint density at radius 2 is 1.70 bits per heavy atom. The molecule has 4 rings (SSSR count). The van der Waals surface area contributed by atoms with E-state index in [1.807, 2.05) is 65.6 Å². The van der Waals surface area contributed by atoms with Crippen LogP contribution in [0.3, 0.4) is 0 Å². The van der Waals surface area contributed by atoms with E-state index in [9.17, 15) is 9.59 Å². The lowest BCUT2D eigenvalue weighted by Crippen LogP contribution is -2.32. The van der Waals surface area contributed by atoms with E-state index in [1.54, 1.807) is 0 Å². The lowest BCUT2D eigenvalue weighted by atomic mass is 9.95. The second-order valence-electron chi connectivity index (χ2n) is 8.21. The van der Waals surface area contributed by atoms with E-state index >= 15 is 0 Å². The van der Waals surface area contributed by atoms with Gasteiger partial charge < -0.3 is 10.2 Å². The van der Waals surface area contributed by atoms with Crippen LogP contribution < -0.4 is 10.2 Å². The average molecular weight is 503 g/mol. The van der Waals surface area contributed by atoms with E-state index in [4.69, 9.17) is 0 Å². The summed E-state index contributed by atoms with van der Waals surface area (Å²) in [7, 11) is 0. The van der Waals surface area contributed by atoms with Crippen molar-refractivity contribution in [3.8, 4) is 0 Å². The largest absolute Gasteiger partial charge is 0.352 e. The molecule has 1 aliphatic heterocycles. The fourth-order valence-electron chi connectivity index (χ4n) is 4.11. The molecule has 0 aromatic heterocycles. The maximum absolute atomic E-state index is 13.3. The first kappa shape index (κ1) is 23.0. The fraction of sp³-hybridized carbons (Fsp3) is 0.214. The van der Waals surface area contributed by atoms with Crippen molar-refractivity contribution in [2.24, 2.45) is 0 Å². The highest BCUT2D eigenvalue weighted by atomic mass is 79.9. The number of amides is 2. The second kappa shape index (κ2) is 10.6. The minimum absolute atomic E-state index is 0.0566. The van der Waals surface area contributed by atoms with E-state index in [-0.39, 0.29) is 11.8 Å². The predicted molar refractivity (Wildman–Crippen MR) is 138 cm³/mol. The third-order valence-electron chi connectivity index (χ3n) is 5.89. The minimum Gasteiger partial charge on any atom is -0.352 e. The molecule has 3 aromatic rings. The number of benzene rings is 3. The second-order valence-corrected chi connectivity index (χ2v) is 8.77. The first-order valence-corrected chi connectivity index (χ1v) is 12.3. The number of hydrogen-bond donors (Lipinski definition) is 1. The van der Waals surface area contributed by atoms with Gasteiger partial charge in [0.05, 0.1) is 12.2 Å². The van der Waals surface area contributed by atoms with Crippen LogP contribution >= 0.6 is 15.9 Å². The molecule has 0 fully saturated rings. The minimum atomic E-state index is -0.116. The number of rotatable bonds is 6. The van der Waals surface area contributed by atoms with Gasteiger partial charge in [0.2, 0.25) is 5.91 Å². The van der Waals surface area contributed by atoms with Crippen LogP contribution in [0.15, 0.2) is 72.8 Å². The molecule has 0 atom stereocenters. The Morgan fingerprint density at radius 1 is 0.970 bits per heavy atom. The number of anilines is 1. The van der Waals surface area contributed by atoms with Gasteiger partial charge in [-0.05, 0) is 65.4 Å². The van der Waals surface area contributed by atoms with Crippen molar-refractivity contribution in [1.82, 2.24) is 5.32 Å². The molecule has 33 heavy (non-hydrogen) atoms. The summed E-state index contributed by atoms with van der Waals surface area (Å²) in [4.78, 5) is 27.5. The molecule has 0 bridgehead atoms. The van der Waals surface area contributed by atoms with Crippen molar-refractivity contribution in [2.75, 3.05) is 11.4 Å². The molecule has 168 valence electrons. The van der Waals surface area contributed by atoms with Gasteiger partial charge in [-0.1, -0.05) is 70.5 Å². The van der Waals surface area contributed by atoms with Crippen molar-refractivity contribution in [1.29, 1.82) is 0 Å². The number of carbonyl (C=O) groups excluding carboxylic acids is 2. The maximum atomic E-state index is 13.3. The number of para-hydroxylation sites is 1. The molecule has 0 saturated heterocycles. The third-order valence-corrected chi connectivity index (χ3v) is 6.54. The van der Waals surface area contributed by atoms with Crippen molar-refractivity contribution in [3.63, 3.8) is 0 Å². The van der Waals surface area contributed by atoms with E-state index in [2.05, 4.69) is 46.4 Å². The zero-order valence-electron chi connectivity index (χ0n) is 18.7. The number of nitrogens with zero attached hydrogens (tertiary/aromatic N) is 1. The Morgan fingerprint density at radius 3 is 2.48 bits per heavy atom. The molecule has 0 aliphatic carbocycles. The number of halogens is 1. The lowest BCUT2D eigenvalue weighted by Gasteiger charge is -2.28. The molecule has 2 amide bonds. The van der Waals surface area contributed by atoms with E-state index in [1.165, 1.54) is 11.1 Å². The van der Waals surface area contributed by atoms with Crippen molar-refractivity contribution < 1.29 is 9.59 Å². The summed E-state index contributed by atoms with van der Waals surface area (Å²) in [6.07, 6.45) is 3.09. The van der Waals surface area contributed by atoms with Crippen LogP contribution in [0.25, 0.3) is 11.6 Å². The van der Waals surface area contributed by atoms with Gasteiger partial charge in [-0.3, -0.25) is 9.59 Å². The third kappa shape index (κ3) is 5.42. The highest BCUT2D eigenvalue weighted by Gasteiger charge is 2.21. The number of carbonyl (C=O) groups is 2. The van der Waals surface area contributed by atoms with Crippen LogP contribution in [-0.4, -0.2) is 18.4 Å². The van der Waals surface area contributed by atoms with Crippen molar-refractivity contribution in [3.05, 3.63) is 101 Å². The first-order chi connectivity index (χ1) is 16.1. The Hall–Kier alpha value is -3.18. The monoisotopic (exact) mass is 502 g/mol. The predicted octanol–water partition coefficient (Wildman–Crippen LogP) is 6.20. The molecular formula is C28H27BrN2O2. The topological polar surface area (TPSA) is 49.4 Å². The van der Waals surface area contributed by atoms with Gasteiger partial charge >= 0.3 is 0 Å². The fourth-order valence-corrected chi connectivity index (χ4v) is 4.48. The highest BCUT2D eigenvalue weighted by molar-refractivity contribution is 9.08. The van der Waals surface area contributed by atoms with Crippen LogP contribution in [0, 0.1) is 0 Å². The Balaban J connectivity index is 1.43. The standard InChI is InChI=1S/C28H27BrN2O2/c1-20-17-23-7-3-5-10-26(23)31(19-24-8-2-4-9-25(20)24)27(32)11-6-16-30-28(33)22-14-12-21(18-29)13-15-22/h2-5,7-10,12-15,17H,6,11,16,18-19H2,1H3,(H,30,33)/b20-17-. The zero-order valence-corrected chi connectivity index (χ0v) is 20.3. The van der Waals surface area contributed by atoms with Crippen LogP contribution in [-0.2, 0) is 16.7 Å². The molecule has 0 saturated carbocycles. The van der Waals surface area contributed by atoms with Gasteiger partial charge in [-0.25, -0.2) is 0 Å². The molecule has 0 radical (unpaired) electrons. The molecule has 3 aromatic carbocycles. The molecule has 1 heterocycles. The van der Waals surface area contributed by atoms with E-state index in [0.717, 1.165) is 27.7 Å². The van der Waals surface area contributed by atoms with Crippen LogP contribution in [0.2, 0.25) is 0 Å². The first-order valence-electron chi connectivity index (χ1n) is 11.2. The summed E-state index contributed by atoms with van der Waals surface area (Å²) in [6, 6.07) is 23.8. The Kier molecular flexibility index (Phi) is 7.40. The molecule has 0 spiro atoms. The summed E-state index contributed by atoms with van der Waals surface area (Å²) >= 11 is 3.41. The van der Waals surface area contributed by atoms with Crippen molar-refractivity contribution >= 4 is 45.1 Å². The summed E-state index contributed by atoms with van der Waals surface area (Å²) in [5.41, 5.74) is 7.21. The van der Waals surface area contributed by atoms with E-state index < -0.39 is 0 Å². The number of alkyl halides is 1. The Bertz CT molecular complexity index is 1180. The lowest BCUT2D eigenvalue weighted by molar-refractivity contribution is -0.118. The molecule has 0 unspecified atom stereocenters. The molecule has 5 heteroatoms. The normalized spacial score (nSPS) is 14.2. The summed E-state index contributed by atoms with van der Waals surface area (Å²) in [5.74, 6) is -0.0594. The smallest absolute Gasteiger partial charge is 0.251 e. The number of hydrogen-bond acceptors (Lipinski definition) is 2. The molecule has 1 aliphatic rings. The van der Waals surface area contributed by atoms with Gasteiger partial charge in [0, 0.05) is 23.9 Å². The van der Waals surface area contributed by atoms with Crippen LogP contribution in [0.4, 0.5) is 5.69 Å². The zero-order chi connectivity index (χ0) is 23.2. The summed E-state index contributed by atoms with van der Waals surface area (Å²) in [5, 5.41) is 3.69. The highest BCUT2D eigenvalue weighted by Crippen LogP contribution is 2.32. The number of nitrogens with one attached hydrogen (secondary N) is 1. The molecular weight excluding hydrogens is 476 g/mol. The van der Waals surface area contributed by atoms with Gasteiger partial charge in [0.1, 0.15) is 0 Å². The SMILES string of the molecule is C/C1=C/c2ccccc2N(C(=O)CCCNC(=O)c2ccc(CBr)cc2)Cc2ccccc21. The van der Waals surface area contributed by atoms with Gasteiger partial charge in [0.25, 0.3) is 5.91 Å². The van der Waals surface area contributed by atoms with Gasteiger partial charge in [0.15, 0.2) is 0 Å². The van der Waals surface area contributed by atoms with Crippen LogP contribution in [0.1, 0.15) is 52.4 Å². The number of fused-ring (bicyclic) bond motifs is 2. The average Bonchev–Trinajstić information content (AvgIpc) is 2.84. The van der Waals surface area contributed by atoms with Gasteiger partial charge in [-0.15, -0.1) is 0 Å². The van der Waals surface area contributed by atoms with Crippen LogP contribution in [0.5, 0.6) is 0 Å². The molecule has 1 N–H and O–H groups in total. The van der Waals surface area contributed by atoms with Crippen molar-refractivity contribution in [2.45, 2.75) is 31.6 Å². The maximum Gasteiger partial charge on any atom is 0.251 e. The van der Waals surface area contributed by atoms with Gasteiger partial charge in [-0.2, -0.15) is 0 Å². The quantitative estimate of drug-likeness (QED) is 0.322. The summed E-state index contributed by atoms with van der Waals surface area (Å²) in [6.45, 7) is 3.10.